The maximum atomic E-state index is 6.19. The van der Waals surface area contributed by atoms with Crippen molar-refractivity contribution >= 4 is 45.3 Å². The van der Waals surface area contributed by atoms with Crippen LogP contribution in [0.15, 0.2) is 36.7 Å². The highest BCUT2D eigenvalue weighted by Gasteiger charge is 2.23. The normalized spacial score (nSPS) is 29.4. The van der Waals surface area contributed by atoms with Crippen LogP contribution in [-0.4, -0.2) is 70.1 Å². The van der Waals surface area contributed by atoms with E-state index in [9.17, 15) is 0 Å². The highest BCUT2D eigenvalue weighted by Crippen LogP contribution is 2.18. The molecule has 2 N–H and O–H groups in total. The van der Waals surface area contributed by atoms with Gasteiger partial charge in [0.1, 0.15) is 11.5 Å². The van der Waals surface area contributed by atoms with Gasteiger partial charge in [-0.2, -0.15) is 10.2 Å². The van der Waals surface area contributed by atoms with Crippen LogP contribution in [0.3, 0.4) is 0 Å². The SMILES string of the molecule is CCN=C1N/N=C(c2ccc(CN3CC(C)OC(C)C3)o2)/C(C)=N/NC(=NCC)SCS1. The van der Waals surface area contributed by atoms with Gasteiger partial charge in [-0.05, 0) is 46.8 Å². The molecule has 176 valence electrons. The Morgan fingerprint density at radius 3 is 2.28 bits per heavy atom. The van der Waals surface area contributed by atoms with E-state index in [1.165, 1.54) is 0 Å². The molecule has 1 aromatic heterocycles. The number of hydrazone groups is 2. The monoisotopic (exact) mass is 479 g/mol. The van der Waals surface area contributed by atoms with Crippen molar-refractivity contribution < 1.29 is 9.15 Å². The molecule has 2 atom stereocenters. The lowest BCUT2D eigenvalue weighted by Gasteiger charge is -2.34. The van der Waals surface area contributed by atoms with Gasteiger partial charge in [0, 0.05) is 26.2 Å². The van der Waals surface area contributed by atoms with Gasteiger partial charge >= 0.3 is 0 Å². The average Bonchev–Trinajstić information content (AvgIpc) is 3.17. The molecule has 2 unspecified atom stereocenters. The van der Waals surface area contributed by atoms with Crippen LogP contribution in [0, 0.1) is 0 Å². The summed E-state index contributed by atoms with van der Waals surface area (Å²) in [6, 6.07) is 3.95. The molecule has 32 heavy (non-hydrogen) atoms. The average molecular weight is 480 g/mol. The lowest BCUT2D eigenvalue weighted by molar-refractivity contribution is -0.0718. The van der Waals surface area contributed by atoms with E-state index in [2.05, 4.69) is 49.8 Å². The van der Waals surface area contributed by atoms with Crippen LogP contribution in [0.5, 0.6) is 0 Å². The molecule has 1 saturated heterocycles. The van der Waals surface area contributed by atoms with E-state index >= 15 is 0 Å². The molecular weight excluding hydrogens is 446 g/mol. The molecule has 0 bridgehead atoms. The van der Waals surface area contributed by atoms with Crippen molar-refractivity contribution in [2.45, 2.75) is 53.4 Å². The van der Waals surface area contributed by atoms with Crippen molar-refractivity contribution in [2.75, 3.05) is 31.3 Å². The number of amidine groups is 2. The molecule has 0 amide bonds. The Bertz CT molecular complexity index is 871. The van der Waals surface area contributed by atoms with Crippen molar-refractivity contribution in [1.29, 1.82) is 0 Å². The van der Waals surface area contributed by atoms with Crippen LogP contribution in [-0.2, 0) is 11.3 Å². The van der Waals surface area contributed by atoms with Crippen LogP contribution in [0.2, 0.25) is 0 Å². The fourth-order valence-electron chi connectivity index (χ4n) is 3.48. The number of hydrogen-bond donors (Lipinski definition) is 2. The molecular formula is C21H33N7O2S2. The molecule has 11 heteroatoms. The minimum Gasteiger partial charge on any atom is -0.458 e. The van der Waals surface area contributed by atoms with Crippen LogP contribution in [0.1, 0.15) is 46.1 Å². The summed E-state index contributed by atoms with van der Waals surface area (Å²) in [6.07, 6.45) is 0.435. The minimum atomic E-state index is 0.218. The molecule has 0 saturated carbocycles. The zero-order valence-electron chi connectivity index (χ0n) is 19.4. The van der Waals surface area contributed by atoms with Crippen LogP contribution in [0.4, 0.5) is 0 Å². The lowest BCUT2D eigenvalue weighted by Crippen LogP contribution is -2.44. The Hall–Kier alpha value is -1.82. The smallest absolute Gasteiger partial charge is 0.177 e. The van der Waals surface area contributed by atoms with Gasteiger partial charge in [-0.25, -0.2) is 0 Å². The van der Waals surface area contributed by atoms with Gasteiger partial charge in [0.25, 0.3) is 0 Å². The van der Waals surface area contributed by atoms with E-state index < -0.39 is 0 Å². The molecule has 1 fully saturated rings. The number of rotatable bonds is 5. The Kier molecular flexibility index (Phi) is 9.64. The molecule has 0 spiro atoms. The third-order valence-electron chi connectivity index (χ3n) is 4.69. The molecule has 1 aromatic rings. The molecule has 0 aromatic carbocycles. The number of ether oxygens (including phenoxy) is 1. The molecule has 0 radical (unpaired) electrons. The summed E-state index contributed by atoms with van der Waals surface area (Å²) in [6.45, 7) is 14.0. The third kappa shape index (κ3) is 7.36. The summed E-state index contributed by atoms with van der Waals surface area (Å²) in [4.78, 5) is 11.3. The zero-order chi connectivity index (χ0) is 22.9. The van der Waals surface area contributed by atoms with Crippen molar-refractivity contribution in [3.63, 3.8) is 0 Å². The summed E-state index contributed by atoms with van der Waals surface area (Å²) in [5, 5.41) is 11.4. The second-order valence-electron chi connectivity index (χ2n) is 7.56. The van der Waals surface area contributed by atoms with Crippen molar-refractivity contribution in [2.24, 2.45) is 20.2 Å². The van der Waals surface area contributed by atoms with Gasteiger partial charge in [0.2, 0.25) is 0 Å². The van der Waals surface area contributed by atoms with E-state index in [1.54, 1.807) is 23.5 Å². The van der Waals surface area contributed by atoms with E-state index in [0.29, 0.717) is 30.3 Å². The van der Waals surface area contributed by atoms with E-state index in [0.717, 1.165) is 40.8 Å². The highest BCUT2D eigenvalue weighted by atomic mass is 32.2. The maximum Gasteiger partial charge on any atom is 0.177 e. The Labute approximate surface area is 198 Å². The van der Waals surface area contributed by atoms with Crippen molar-refractivity contribution in [3.8, 4) is 0 Å². The fourth-order valence-corrected chi connectivity index (χ4v) is 5.27. The van der Waals surface area contributed by atoms with Gasteiger partial charge in [-0.1, -0.05) is 23.5 Å². The minimum absolute atomic E-state index is 0.218. The molecule has 3 rings (SSSR count). The molecule has 2 aliphatic heterocycles. The summed E-state index contributed by atoms with van der Waals surface area (Å²) in [5.74, 6) is 1.55. The first kappa shape index (κ1) is 24.8. The molecule has 2 aliphatic rings. The second-order valence-corrected chi connectivity index (χ2v) is 9.86. The van der Waals surface area contributed by atoms with Crippen molar-refractivity contribution in [1.82, 2.24) is 15.8 Å². The first-order valence-corrected chi connectivity index (χ1v) is 12.9. The first-order valence-electron chi connectivity index (χ1n) is 10.9. The number of hydrogen-bond acceptors (Lipinski definition) is 9. The fraction of sp³-hybridized carbons (Fsp3) is 0.619. The quantitative estimate of drug-likeness (QED) is 0.668. The Morgan fingerprint density at radius 2 is 1.66 bits per heavy atom. The van der Waals surface area contributed by atoms with Gasteiger partial charge in [-0.15, -0.1) is 0 Å². The predicted molar refractivity (Wildman–Crippen MR) is 136 cm³/mol. The van der Waals surface area contributed by atoms with Gasteiger partial charge in [0.05, 0.1) is 29.5 Å². The molecule has 9 nitrogen and oxygen atoms in total. The second kappa shape index (κ2) is 12.4. The number of thioether (sulfide) groups is 2. The Morgan fingerprint density at radius 1 is 1.03 bits per heavy atom. The van der Waals surface area contributed by atoms with Gasteiger partial charge < -0.3 is 9.15 Å². The van der Waals surface area contributed by atoms with E-state index in [-0.39, 0.29) is 12.2 Å². The standard InChI is InChI=1S/C21H33N7O2S2/c1-6-22-20-26-24-16(5)19(25-27-21(23-7-2)32-13-31-20)18-9-8-17(30-18)12-28-10-14(3)29-15(4)11-28/h8-9,14-15H,6-7,10-13H2,1-5H3,(H,22,26)(H,23,27)/b24-16+,25-19-. The number of nitrogens with one attached hydrogen (secondary N) is 2. The topological polar surface area (TPSA) is 99.1 Å². The van der Waals surface area contributed by atoms with Crippen LogP contribution in [0.25, 0.3) is 0 Å². The molecule has 3 heterocycles. The number of aliphatic imine (C=N–C) groups is 2. The maximum absolute atomic E-state index is 6.19. The van der Waals surface area contributed by atoms with Gasteiger partial charge in [0.15, 0.2) is 16.1 Å². The largest absolute Gasteiger partial charge is 0.458 e. The summed E-state index contributed by atoms with van der Waals surface area (Å²) in [5.41, 5.74) is 7.49. The Balaban J connectivity index is 1.83. The van der Waals surface area contributed by atoms with Crippen molar-refractivity contribution in [3.05, 3.63) is 23.7 Å². The van der Waals surface area contributed by atoms with Gasteiger partial charge in [-0.3, -0.25) is 25.7 Å². The first-order chi connectivity index (χ1) is 15.5. The van der Waals surface area contributed by atoms with E-state index in [1.807, 2.05) is 32.9 Å². The number of furan rings is 1. The summed E-state index contributed by atoms with van der Waals surface area (Å²) < 4.78 is 12.0. The predicted octanol–water partition coefficient (Wildman–Crippen LogP) is 3.34. The molecule has 0 aliphatic carbocycles. The summed E-state index contributed by atoms with van der Waals surface area (Å²) >= 11 is 3.17. The zero-order valence-corrected chi connectivity index (χ0v) is 21.1. The third-order valence-corrected chi connectivity index (χ3v) is 6.62. The lowest BCUT2D eigenvalue weighted by atomic mass is 10.2. The number of morpholine rings is 1. The van der Waals surface area contributed by atoms with Crippen LogP contribution < -0.4 is 10.9 Å². The van der Waals surface area contributed by atoms with E-state index in [4.69, 9.17) is 9.15 Å². The van der Waals surface area contributed by atoms with Crippen LogP contribution >= 0.6 is 23.5 Å². The highest BCUT2D eigenvalue weighted by molar-refractivity contribution is 8.29. The summed E-state index contributed by atoms with van der Waals surface area (Å²) in [7, 11) is 0. The number of nitrogens with zero attached hydrogens (tertiary/aromatic N) is 5.